The molecule has 0 saturated carbocycles. The van der Waals surface area contributed by atoms with E-state index in [1.54, 1.807) is 22.2 Å². The summed E-state index contributed by atoms with van der Waals surface area (Å²) in [5.74, 6) is 0. The number of aromatic nitrogens is 2. The lowest BCUT2D eigenvalue weighted by Gasteiger charge is -2.29. The molecular formula is C17H23N3O2S. The standard InChI is InChI=1S/C17H23N3O2S/c21-12-5-7-19(8-6-12)9-10-20-11-18-16-15(17(20)22)13-3-1-2-4-14(13)23-16/h11-12,21H,1-10H2. The van der Waals surface area contributed by atoms with Crippen molar-refractivity contribution in [3.63, 3.8) is 0 Å². The van der Waals surface area contributed by atoms with Gasteiger partial charge in [0.15, 0.2) is 0 Å². The minimum atomic E-state index is -0.149. The van der Waals surface area contributed by atoms with Crippen LogP contribution in [0, 0.1) is 0 Å². The number of aryl methyl sites for hydroxylation is 2. The topological polar surface area (TPSA) is 58.4 Å². The third kappa shape index (κ3) is 2.95. The molecule has 0 bridgehead atoms. The first-order valence-electron chi connectivity index (χ1n) is 8.62. The number of aliphatic hydroxyl groups is 1. The molecule has 23 heavy (non-hydrogen) atoms. The van der Waals surface area contributed by atoms with Crippen LogP contribution in [0.2, 0.25) is 0 Å². The first-order valence-corrected chi connectivity index (χ1v) is 9.44. The molecule has 1 aliphatic heterocycles. The molecule has 5 nitrogen and oxygen atoms in total. The van der Waals surface area contributed by atoms with Gasteiger partial charge in [0.2, 0.25) is 0 Å². The molecule has 1 fully saturated rings. The molecule has 0 atom stereocenters. The second-order valence-electron chi connectivity index (χ2n) is 6.71. The van der Waals surface area contributed by atoms with E-state index >= 15 is 0 Å². The van der Waals surface area contributed by atoms with Crippen LogP contribution in [-0.4, -0.2) is 45.3 Å². The average Bonchev–Trinajstić information content (AvgIpc) is 2.95. The fourth-order valence-electron chi connectivity index (χ4n) is 3.73. The highest BCUT2D eigenvalue weighted by molar-refractivity contribution is 7.18. The molecule has 6 heteroatoms. The number of rotatable bonds is 3. The van der Waals surface area contributed by atoms with Gasteiger partial charge in [-0.2, -0.15) is 0 Å². The Morgan fingerprint density at radius 2 is 2.00 bits per heavy atom. The Bertz CT molecular complexity index is 759. The molecule has 0 unspecified atom stereocenters. The molecule has 0 aromatic carbocycles. The Labute approximate surface area is 139 Å². The molecule has 1 aliphatic carbocycles. The van der Waals surface area contributed by atoms with Crippen LogP contribution in [0.4, 0.5) is 0 Å². The Morgan fingerprint density at radius 3 is 2.83 bits per heavy atom. The van der Waals surface area contributed by atoms with Gasteiger partial charge in [-0.15, -0.1) is 11.3 Å². The van der Waals surface area contributed by atoms with Gasteiger partial charge in [-0.1, -0.05) is 0 Å². The van der Waals surface area contributed by atoms with E-state index in [1.165, 1.54) is 23.3 Å². The lowest BCUT2D eigenvalue weighted by molar-refractivity contribution is 0.0808. The molecule has 2 aliphatic rings. The molecule has 3 heterocycles. The van der Waals surface area contributed by atoms with E-state index in [1.807, 2.05) is 0 Å². The van der Waals surface area contributed by atoms with E-state index in [9.17, 15) is 9.90 Å². The van der Waals surface area contributed by atoms with Gasteiger partial charge in [-0.05, 0) is 44.1 Å². The maximum atomic E-state index is 12.9. The quantitative estimate of drug-likeness (QED) is 0.930. The molecule has 2 aromatic heterocycles. The summed E-state index contributed by atoms with van der Waals surface area (Å²) in [6.45, 7) is 3.37. The summed E-state index contributed by atoms with van der Waals surface area (Å²) in [4.78, 5) is 22.0. The summed E-state index contributed by atoms with van der Waals surface area (Å²) in [5, 5.41) is 10.4. The summed E-state index contributed by atoms with van der Waals surface area (Å²) in [6.07, 6.45) is 7.79. The van der Waals surface area contributed by atoms with Gasteiger partial charge in [0.05, 0.1) is 17.8 Å². The van der Waals surface area contributed by atoms with Gasteiger partial charge in [0, 0.05) is 31.1 Å². The molecule has 1 N–H and O–H groups in total. The second-order valence-corrected chi connectivity index (χ2v) is 7.79. The summed E-state index contributed by atoms with van der Waals surface area (Å²) in [6, 6.07) is 0. The van der Waals surface area contributed by atoms with Gasteiger partial charge in [0.1, 0.15) is 4.83 Å². The number of piperidine rings is 1. The van der Waals surface area contributed by atoms with Crippen LogP contribution in [0.25, 0.3) is 10.2 Å². The number of nitrogens with zero attached hydrogens (tertiary/aromatic N) is 3. The van der Waals surface area contributed by atoms with Gasteiger partial charge < -0.3 is 10.0 Å². The van der Waals surface area contributed by atoms with Crippen LogP contribution < -0.4 is 5.56 Å². The van der Waals surface area contributed by atoms with Crippen molar-refractivity contribution in [3.8, 4) is 0 Å². The monoisotopic (exact) mass is 333 g/mol. The average molecular weight is 333 g/mol. The summed E-state index contributed by atoms with van der Waals surface area (Å²) in [5.41, 5.74) is 1.40. The summed E-state index contributed by atoms with van der Waals surface area (Å²) in [7, 11) is 0. The smallest absolute Gasteiger partial charge is 0.262 e. The van der Waals surface area contributed by atoms with E-state index in [0.29, 0.717) is 6.54 Å². The fraction of sp³-hybridized carbons (Fsp3) is 0.647. The third-order valence-electron chi connectivity index (χ3n) is 5.16. The minimum Gasteiger partial charge on any atom is -0.393 e. The molecular weight excluding hydrogens is 310 g/mol. The highest BCUT2D eigenvalue weighted by Crippen LogP contribution is 2.33. The van der Waals surface area contributed by atoms with Crippen LogP contribution in [0.5, 0.6) is 0 Å². The highest BCUT2D eigenvalue weighted by Gasteiger charge is 2.20. The first kappa shape index (κ1) is 15.3. The Morgan fingerprint density at radius 1 is 1.22 bits per heavy atom. The molecule has 124 valence electrons. The minimum absolute atomic E-state index is 0.131. The van der Waals surface area contributed by atoms with Crippen molar-refractivity contribution < 1.29 is 5.11 Å². The maximum Gasteiger partial charge on any atom is 0.262 e. The van der Waals surface area contributed by atoms with Crippen molar-refractivity contribution in [2.45, 2.75) is 51.2 Å². The number of aliphatic hydroxyl groups excluding tert-OH is 1. The fourth-order valence-corrected chi connectivity index (χ4v) is 4.95. The normalized spacial score (nSPS) is 20.0. The van der Waals surface area contributed by atoms with Gasteiger partial charge in [-0.25, -0.2) is 4.98 Å². The van der Waals surface area contributed by atoms with Crippen LogP contribution in [-0.2, 0) is 19.4 Å². The highest BCUT2D eigenvalue weighted by atomic mass is 32.1. The number of thiophene rings is 1. The lowest BCUT2D eigenvalue weighted by Crippen LogP contribution is -2.38. The zero-order valence-corrected chi connectivity index (χ0v) is 14.1. The van der Waals surface area contributed by atoms with Crippen molar-refractivity contribution >= 4 is 21.6 Å². The summed E-state index contributed by atoms with van der Waals surface area (Å²) >= 11 is 1.71. The predicted octanol–water partition coefficient (Wildman–Crippen LogP) is 1.79. The number of likely N-dealkylation sites (tertiary alicyclic amines) is 1. The molecule has 2 aromatic rings. The zero-order valence-electron chi connectivity index (χ0n) is 13.3. The van der Waals surface area contributed by atoms with Crippen LogP contribution >= 0.6 is 11.3 Å². The number of hydrogen-bond donors (Lipinski definition) is 1. The van der Waals surface area contributed by atoms with Crippen molar-refractivity contribution in [3.05, 3.63) is 27.1 Å². The van der Waals surface area contributed by atoms with Crippen molar-refractivity contribution in [2.75, 3.05) is 19.6 Å². The molecule has 4 rings (SSSR count). The Kier molecular flexibility index (Phi) is 4.22. The number of fused-ring (bicyclic) bond motifs is 3. The third-order valence-corrected chi connectivity index (χ3v) is 6.36. The second kappa shape index (κ2) is 6.34. The lowest BCUT2D eigenvalue weighted by atomic mass is 9.97. The van der Waals surface area contributed by atoms with E-state index in [4.69, 9.17) is 0 Å². The Hall–Kier alpha value is -1.24. The maximum absolute atomic E-state index is 12.9. The van der Waals surface area contributed by atoms with Gasteiger partial charge in [-0.3, -0.25) is 9.36 Å². The molecule has 0 radical (unpaired) electrons. The van der Waals surface area contributed by atoms with Crippen LogP contribution in [0.15, 0.2) is 11.1 Å². The van der Waals surface area contributed by atoms with Crippen molar-refractivity contribution in [1.82, 2.24) is 14.5 Å². The first-order chi connectivity index (χ1) is 11.2. The van der Waals surface area contributed by atoms with Gasteiger partial charge in [0.25, 0.3) is 5.56 Å². The van der Waals surface area contributed by atoms with E-state index in [0.717, 1.165) is 55.5 Å². The van der Waals surface area contributed by atoms with Crippen molar-refractivity contribution in [2.24, 2.45) is 0 Å². The van der Waals surface area contributed by atoms with E-state index < -0.39 is 0 Å². The largest absolute Gasteiger partial charge is 0.393 e. The van der Waals surface area contributed by atoms with E-state index in [-0.39, 0.29) is 11.7 Å². The molecule has 1 saturated heterocycles. The summed E-state index contributed by atoms with van der Waals surface area (Å²) < 4.78 is 1.77. The molecule has 0 amide bonds. The molecule has 0 spiro atoms. The SMILES string of the molecule is O=c1c2c3c(sc2ncn1CCN1CCC(O)CC1)CCCC3. The number of hydrogen-bond acceptors (Lipinski definition) is 5. The predicted molar refractivity (Wildman–Crippen MR) is 92.2 cm³/mol. The van der Waals surface area contributed by atoms with E-state index in [2.05, 4.69) is 9.88 Å². The van der Waals surface area contributed by atoms with Gasteiger partial charge >= 0.3 is 0 Å². The zero-order chi connectivity index (χ0) is 15.8. The van der Waals surface area contributed by atoms with Crippen LogP contribution in [0.1, 0.15) is 36.1 Å². The Balaban J connectivity index is 1.56. The van der Waals surface area contributed by atoms with Crippen molar-refractivity contribution in [1.29, 1.82) is 0 Å². The van der Waals surface area contributed by atoms with Crippen LogP contribution in [0.3, 0.4) is 0 Å².